The number of nitrogens with one attached hydrogen (secondary N) is 1. The molecular weight excluding hydrogens is 208 g/mol. The van der Waals surface area contributed by atoms with Crippen LogP contribution in [0.3, 0.4) is 0 Å². The Bertz CT molecular complexity index is 263. The summed E-state index contributed by atoms with van der Waals surface area (Å²) in [5.41, 5.74) is 1.17. The van der Waals surface area contributed by atoms with E-state index in [1.165, 1.54) is 5.69 Å². The average Bonchev–Trinajstić information content (AvgIpc) is 2.71. The van der Waals surface area contributed by atoms with E-state index in [9.17, 15) is 0 Å². The van der Waals surface area contributed by atoms with Crippen LogP contribution in [0.2, 0.25) is 0 Å². The van der Waals surface area contributed by atoms with Crippen LogP contribution < -0.4 is 5.32 Å². The molecule has 0 aliphatic carbocycles. The second kappa shape index (κ2) is 7.65. The molecule has 0 atom stereocenters. The Morgan fingerprint density at radius 2 is 2.27 bits per heavy atom. The molecule has 3 nitrogen and oxygen atoms in total. The monoisotopic (exact) mass is 228 g/mol. The van der Waals surface area contributed by atoms with E-state index in [1.807, 2.05) is 0 Å². The number of nitrogens with zero attached hydrogens (tertiary/aromatic N) is 1. The number of aryl methyl sites for hydroxylation is 1. The second-order valence-electron chi connectivity index (χ2n) is 3.39. The van der Waals surface area contributed by atoms with Crippen LogP contribution in [0.5, 0.6) is 0 Å². The van der Waals surface area contributed by atoms with E-state index in [2.05, 4.69) is 29.5 Å². The number of ether oxygens (including phenoxy) is 1. The Morgan fingerprint density at radius 3 is 2.93 bits per heavy atom. The molecule has 0 fully saturated rings. The molecule has 0 aromatic carbocycles. The molecule has 0 bridgehead atoms. The van der Waals surface area contributed by atoms with Gasteiger partial charge in [-0.05, 0) is 19.3 Å². The molecule has 0 saturated carbocycles. The van der Waals surface area contributed by atoms with Crippen LogP contribution in [0.25, 0.3) is 0 Å². The van der Waals surface area contributed by atoms with Crippen molar-refractivity contribution in [2.24, 2.45) is 0 Å². The van der Waals surface area contributed by atoms with Gasteiger partial charge in [0.25, 0.3) is 0 Å². The van der Waals surface area contributed by atoms with Crippen LogP contribution in [0, 0.1) is 0 Å². The zero-order valence-corrected chi connectivity index (χ0v) is 10.4. The first-order valence-corrected chi connectivity index (χ1v) is 6.50. The van der Waals surface area contributed by atoms with Crippen molar-refractivity contribution in [1.29, 1.82) is 0 Å². The second-order valence-corrected chi connectivity index (χ2v) is 4.25. The topological polar surface area (TPSA) is 34.1 Å². The van der Waals surface area contributed by atoms with Crippen LogP contribution in [0.1, 0.15) is 32.4 Å². The quantitative estimate of drug-likeness (QED) is 0.695. The summed E-state index contributed by atoms with van der Waals surface area (Å²) in [5.74, 6) is 0. The molecular formula is C11H20N2OS. The van der Waals surface area contributed by atoms with Crippen molar-refractivity contribution < 1.29 is 4.74 Å². The standard InChI is InChI=1S/C11H20N2OS/c1-3-7-14-8-5-6-12-11-13-10(4-2)9-15-11/h9H,3-8H2,1-2H3,(H,12,13). The molecule has 0 aliphatic rings. The first kappa shape index (κ1) is 12.5. The molecule has 0 amide bonds. The highest BCUT2D eigenvalue weighted by atomic mass is 32.1. The molecule has 1 N–H and O–H groups in total. The van der Waals surface area contributed by atoms with E-state index in [0.717, 1.165) is 44.2 Å². The summed E-state index contributed by atoms with van der Waals surface area (Å²) in [5, 5.41) is 6.44. The maximum atomic E-state index is 5.39. The van der Waals surface area contributed by atoms with Crippen LogP contribution in [-0.4, -0.2) is 24.7 Å². The highest BCUT2D eigenvalue weighted by Gasteiger charge is 1.98. The normalized spacial score (nSPS) is 10.5. The minimum Gasteiger partial charge on any atom is -0.381 e. The van der Waals surface area contributed by atoms with Crippen LogP contribution in [-0.2, 0) is 11.2 Å². The summed E-state index contributed by atoms with van der Waals surface area (Å²) in [6.07, 6.45) is 3.15. The first-order chi connectivity index (χ1) is 7.36. The van der Waals surface area contributed by atoms with Crippen molar-refractivity contribution in [1.82, 2.24) is 4.98 Å². The summed E-state index contributed by atoms with van der Waals surface area (Å²) >= 11 is 1.68. The highest BCUT2D eigenvalue weighted by Crippen LogP contribution is 2.15. The number of anilines is 1. The lowest BCUT2D eigenvalue weighted by Gasteiger charge is -2.03. The van der Waals surface area contributed by atoms with E-state index in [1.54, 1.807) is 11.3 Å². The predicted octanol–water partition coefficient (Wildman–Crippen LogP) is 2.93. The van der Waals surface area contributed by atoms with Crippen LogP contribution in [0.4, 0.5) is 5.13 Å². The van der Waals surface area contributed by atoms with Gasteiger partial charge in [0.2, 0.25) is 0 Å². The van der Waals surface area contributed by atoms with Gasteiger partial charge >= 0.3 is 0 Å². The fraction of sp³-hybridized carbons (Fsp3) is 0.727. The van der Waals surface area contributed by atoms with Gasteiger partial charge in [-0.2, -0.15) is 0 Å². The van der Waals surface area contributed by atoms with Gasteiger partial charge in [0.15, 0.2) is 5.13 Å². The number of thiazole rings is 1. The minimum atomic E-state index is 0.840. The molecule has 1 rings (SSSR count). The van der Waals surface area contributed by atoms with E-state index in [-0.39, 0.29) is 0 Å². The van der Waals surface area contributed by atoms with Crippen molar-refractivity contribution in [3.05, 3.63) is 11.1 Å². The Morgan fingerprint density at radius 1 is 1.40 bits per heavy atom. The molecule has 0 aliphatic heterocycles. The molecule has 15 heavy (non-hydrogen) atoms. The first-order valence-electron chi connectivity index (χ1n) is 5.62. The summed E-state index contributed by atoms with van der Waals surface area (Å²) in [6.45, 7) is 6.90. The largest absolute Gasteiger partial charge is 0.381 e. The van der Waals surface area contributed by atoms with Gasteiger partial charge in [0, 0.05) is 25.1 Å². The van der Waals surface area contributed by atoms with Gasteiger partial charge in [-0.1, -0.05) is 13.8 Å². The summed E-state index contributed by atoms with van der Waals surface area (Å²) in [4.78, 5) is 4.43. The van der Waals surface area contributed by atoms with Crippen LogP contribution in [0.15, 0.2) is 5.38 Å². The number of aromatic nitrogens is 1. The third-order valence-electron chi connectivity index (χ3n) is 2.00. The Kier molecular flexibility index (Phi) is 6.36. The molecule has 4 heteroatoms. The molecule has 1 aromatic heterocycles. The summed E-state index contributed by atoms with van der Waals surface area (Å²) < 4.78 is 5.39. The lowest BCUT2D eigenvalue weighted by atomic mass is 10.4. The third-order valence-corrected chi connectivity index (χ3v) is 2.85. The van der Waals surface area contributed by atoms with Crippen molar-refractivity contribution in [3.63, 3.8) is 0 Å². The highest BCUT2D eigenvalue weighted by molar-refractivity contribution is 7.13. The van der Waals surface area contributed by atoms with Gasteiger partial charge in [-0.3, -0.25) is 0 Å². The van der Waals surface area contributed by atoms with Gasteiger partial charge in [0.1, 0.15) is 0 Å². The van der Waals surface area contributed by atoms with Gasteiger partial charge in [0.05, 0.1) is 5.69 Å². The zero-order chi connectivity index (χ0) is 10.9. The molecule has 86 valence electrons. The molecule has 0 saturated heterocycles. The predicted molar refractivity (Wildman–Crippen MR) is 65.7 cm³/mol. The molecule has 0 radical (unpaired) electrons. The van der Waals surface area contributed by atoms with Crippen molar-refractivity contribution >= 4 is 16.5 Å². The van der Waals surface area contributed by atoms with E-state index >= 15 is 0 Å². The van der Waals surface area contributed by atoms with Crippen molar-refractivity contribution in [2.75, 3.05) is 25.1 Å². The maximum Gasteiger partial charge on any atom is 0.182 e. The van der Waals surface area contributed by atoms with Gasteiger partial charge < -0.3 is 10.1 Å². The number of hydrogen-bond acceptors (Lipinski definition) is 4. The van der Waals surface area contributed by atoms with Gasteiger partial charge in [-0.15, -0.1) is 11.3 Å². The third kappa shape index (κ3) is 5.14. The number of hydrogen-bond donors (Lipinski definition) is 1. The zero-order valence-electron chi connectivity index (χ0n) is 9.58. The lowest BCUT2D eigenvalue weighted by Crippen LogP contribution is -2.05. The molecule has 1 heterocycles. The lowest BCUT2D eigenvalue weighted by molar-refractivity contribution is 0.134. The van der Waals surface area contributed by atoms with E-state index < -0.39 is 0 Å². The van der Waals surface area contributed by atoms with E-state index in [0.29, 0.717) is 0 Å². The molecule has 0 unspecified atom stereocenters. The Labute approximate surface area is 95.9 Å². The van der Waals surface area contributed by atoms with Gasteiger partial charge in [-0.25, -0.2) is 4.98 Å². The van der Waals surface area contributed by atoms with Crippen LogP contribution >= 0.6 is 11.3 Å². The molecule has 0 spiro atoms. The maximum absolute atomic E-state index is 5.39. The minimum absolute atomic E-state index is 0.840. The van der Waals surface area contributed by atoms with Crippen molar-refractivity contribution in [2.45, 2.75) is 33.1 Å². The van der Waals surface area contributed by atoms with E-state index in [4.69, 9.17) is 4.74 Å². The smallest absolute Gasteiger partial charge is 0.182 e. The SMILES string of the molecule is CCCOCCCNc1nc(CC)cs1. The summed E-state index contributed by atoms with van der Waals surface area (Å²) in [7, 11) is 0. The Hall–Kier alpha value is -0.610. The summed E-state index contributed by atoms with van der Waals surface area (Å²) in [6, 6.07) is 0. The van der Waals surface area contributed by atoms with Crippen molar-refractivity contribution in [3.8, 4) is 0 Å². The molecule has 1 aromatic rings. The Balaban J connectivity index is 2.04. The fourth-order valence-corrected chi connectivity index (χ4v) is 1.99. The fourth-order valence-electron chi connectivity index (χ4n) is 1.17. The average molecular weight is 228 g/mol. The number of rotatable bonds is 8.